The van der Waals surface area contributed by atoms with Gasteiger partial charge in [0.2, 0.25) is 0 Å². The molecule has 20 heavy (non-hydrogen) atoms. The van der Waals surface area contributed by atoms with Gasteiger partial charge in [-0.2, -0.15) is 4.37 Å². The van der Waals surface area contributed by atoms with E-state index in [-0.39, 0.29) is 12.4 Å². The SMILES string of the molecule is CCc1nsc(SCc2ccc(C#CCO)cc2F)n1. The highest BCUT2D eigenvalue weighted by atomic mass is 32.2. The molecule has 3 nitrogen and oxygen atoms in total. The zero-order valence-electron chi connectivity index (χ0n) is 10.9. The summed E-state index contributed by atoms with van der Waals surface area (Å²) in [6.07, 6.45) is 0.809. The molecule has 0 fully saturated rings. The van der Waals surface area contributed by atoms with Crippen molar-refractivity contribution < 1.29 is 9.50 Å². The molecule has 2 aromatic rings. The van der Waals surface area contributed by atoms with Crippen LogP contribution < -0.4 is 0 Å². The second kappa shape index (κ2) is 7.39. The first-order valence-electron chi connectivity index (χ1n) is 6.06. The molecule has 104 valence electrons. The summed E-state index contributed by atoms with van der Waals surface area (Å²) in [7, 11) is 0. The summed E-state index contributed by atoms with van der Waals surface area (Å²) < 4.78 is 18.9. The van der Waals surface area contributed by atoms with Gasteiger partial charge in [-0.3, -0.25) is 0 Å². The Hall–Kier alpha value is -1.42. The fourth-order valence-corrected chi connectivity index (χ4v) is 3.15. The summed E-state index contributed by atoms with van der Waals surface area (Å²) in [6, 6.07) is 4.85. The number of halogens is 1. The zero-order valence-corrected chi connectivity index (χ0v) is 12.5. The lowest BCUT2D eigenvalue weighted by Crippen LogP contribution is -1.89. The largest absolute Gasteiger partial charge is 0.384 e. The Bertz CT molecular complexity index is 646. The fourth-order valence-electron chi connectivity index (χ4n) is 1.46. The second-order valence-electron chi connectivity index (χ2n) is 3.88. The molecule has 0 bridgehead atoms. The van der Waals surface area contributed by atoms with Crippen molar-refractivity contribution in [3.8, 4) is 11.8 Å². The molecule has 0 aliphatic carbocycles. The fraction of sp³-hybridized carbons (Fsp3) is 0.286. The highest BCUT2D eigenvalue weighted by Crippen LogP contribution is 2.25. The molecule has 0 atom stereocenters. The average molecular weight is 308 g/mol. The van der Waals surface area contributed by atoms with Crippen molar-refractivity contribution in [3.63, 3.8) is 0 Å². The van der Waals surface area contributed by atoms with E-state index in [0.717, 1.165) is 16.6 Å². The van der Waals surface area contributed by atoms with Crippen molar-refractivity contribution in [2.75, 3.05) is 6.61 Å². The van der Waals surface area contributed by atoms with Gasteiger partial charge >= 0.3 is 0 Å². The van der Waals surface area contributed by atoms with Crippen molar-refractivity contribution in [1.29, 1.82) is 0 Å². The monoisotopic (exact) mass is 308 g/mol. The molecule has 6 heteroatoms. The standard InChI is InChI=1S/C14H13FN2OS2/c1-2-13-16-14(20-17-13)19-9-11-6-5-10(4-3-7-18)8-12(11)15/h5-6,8,18H,2,7,9H2,1H3. The number of thioether (sulfide) groups is 1. The Morgan fingerprint density at radius 1 is 1.45 bits per heavy atom. The first-order valence-corrected chi connectivity index (χ1v) is 7.82. The van der Waals surface area contributed by atoms with Crippen LogP contribution in [0.4, 0.5) is 4.39 Å². The maximum Gasteiger partial charge on any atom is 0.170 e. The smallest absolute Gasteiger partial charge is 0.170 e. The van der Waals surface area contributed by atoms with Crippen molar-refractivity contribution in [3.05, 3.63) is 41.0 Å². The van der Waals surface area contributed by atoms with Gasteiger partial charge in [0, 0.05) is 17.7 Å². The van der Waals surface area contributed by atoms with Crippen LogP contribution in [0.1, 0.15) is 23.9 Å². The van der Waals surface area contributed by atoms with E-state index in [4.69, 9.17) is 5.11 Å². The molecule has 1 aromatic heterocycles. The molecule has 0 aliphatic rings. The van der Waals surface area contributed by atoms with Crippen LogP contribution >= 0.6 is 23.3 Å². The third kappa shape index (κ3) is 4.04. The summed E-state index contributed by atoms with van der Waals surface area (Å²) in [5, 5.41) is 8.60. The molecule has 2 rings (SSSR count). The number of nitrogens with zero attached hydrogens (tertiary/aromatic N) is 2. The quantitative estimate of drug-likeness (QED) is 0.697. The van der Waals surface area contributed by atoms with E-state index < -0.39 is 0 Å². The zero-order chi connectivity index (χ0) is 14.4. The molecule has 1 heterocycles. The normalized spacial score (nSPS) is 10.2. The van der Waals surface area contributed by atoms with Gasteiger partial charge in [0.1, 0.15) is 18.2 Å². The number of aliphatic hydroxyl groups excluding tert-OH is 1. The van der Waals surface area contributed by atoms with Gasteiger partial charge < -0.3 is 5.11 Å². The highest BCUT2D eigenvalue weighted by Gasteiger charge is 2.07. The maximum atomic E-state index is 13.9. The van der Waals surface area contributed by atoms with Gasteiger partial charge in [-0.25, -0.2) is 9.37 Å². The lowest BCUT2D eigenvalue weighted by Gasteiger charge is -2.01. The Balaban J connectivity index is 2.02. The minimum absolute atomic E-state index is 0.226. The van der Waals surface area contributed by atoms with Gasteiger partial charge in [-0.15, -0.1) is 0 Å². The summed E-state index contributed by atoms with van der Waals surface area (Å²) in [4.78, 5) is 4.33. The van der Waals surface area contributed by atoms with Gasteiger partial charge in [0.15, 0.2) is 4.34 Å². The number of aliphatic hydroxyl groups is 1. The predicted molar refractivity (Wildman–Crippen MR) is 79.2 cm³/mol. The molecule has 0 unspecified atom stereocenters. The maximum absolute atomic E-state index is 13.9. The van der Waals surface area contributed by atoms with Crippen LogP contribution in [0, 0.1) is 17.7 Å². The molecular weight excluding hydrogens is 295 g/mol. The van der Waals surface area contributed by atoms with E-state index in [2.05, 4.69) is 21.2 Å². The molecular formula is C14H13FN2OS2. The number of hydrogen-bond donors (Lipinski definition) is 1. The lowest BCUT2D eigenvalue weighted by atomic mass is 10.1. The van der Waals surface area contributed by atoms with Crippen LogP contribution in [-0.2, 0) is 12.2 Å². The first-order chi connectivity index (χ1) is 9.72. The van der Waals surface area contributed by atoms with Crippen molar-refractivity contribution in [2.24, 2.45) is 0 Å². The Morgan fingerprint density at radius 3 is 2.95 bits per heavy atom. The number of benzene rings is 1. The Kier molecular flexibility index (Phi) is 5.53. The average Bonchev–Trinajstić information content (AvgIpc) is 2.92. The molecule has 0 radical (unpaired) electrons. The summed E-state index contributed by atoms with van der Waals surface area (Å²) >= 11 is 2.82. The molecule has 1 N–H and O–H groups in total. The van der Waals surface area contributed by atoms with E-state index in [9.17, 15) is 4.39 Å². The summed E-state index contributed by atoms with van der Waals surface area (Å²) in [6.45, 7) is 1.78. The summed E-state index contributed by atoms with van der Waals surface area (Å²) in [5.41, 5.74) is 1.17. The van der Waals surface area contributed by atoms with Crippen LogP contribution in [0.15, 0.2) is 22.5 Å². The molecule has 0 spiro atoms. The number of hydrogen-bond acceptors (Lipinski definition) is 5. The third-order valence-electron chi connectivity index (χ3n) is 2.48. The molecule has 0 amide bonds. The minimum Gasteiger partial charge on any atom is -0.384 e. The van der Waals surface area contributed by atoms with Crippen LogP contribution in [0.5, 0.6) is 0 Å². The third-order valence-corrected chi connectivity index (χ3v) is 4.40. The van der Waals surface area contributed by atoms with E-state index in [1.807, 2.05) is 6.92 Å². The number of aryl methyl sites for hydroxylation is 1. The molecule has 0 saturated carbocycles. The van der Waals surface area contributed by atoms with Crippen LogP contribution in [0.25, 0.3) is 0 Å². The van der Waals surface area contributed by atoms with Crippen LogP contribution in [0.2, 0.25) is 0 Å². The molecule has 0 saturated heterocycles. The number of rotatable bonds is 4. The van der Waals surface area contributed by atoms with Crippen molar-refractivity contribution in [1.82, 2.24) is 9.36 Å². The van der Waals surface area contributed by atoms with E-state index in [0.29, 0.717) is 16.9 Å². The minimum atomic E-state index is -0.289. The molecule has 1 aromatic carbocycles. The number of aromatic nitrogens is 2. The van der Waals surface area contributed by atoms with Crippen LogP contribution in [-0.4, -0.2) is 21.1 Å². The highest BCUT2D eigenvalue weighted by molar-refractivity contribution is 8.00. The second-order valence-corrected chi connectivity index (χ2v) is 5.86. The summed E-state index contributed by atoms with van der Waals surface area (Å²) in [5.74, 6) is 6.22. The van der Waals surface area contributed by atoms with Gasteiger partial charge in [0.25, 0.3) is 0 Å². The molecule has 0 aliphatic heterocycles. The van der Waals surface area contributed by atoms with Gasteiger partial charge in [-0.05, 0) is 29.2 Å². The van der Waals surface area contributed by atoms with Crippen LogP contribution in [0.3, 0.4) is 0 Å². The van der Waals surface area contributed by atoms with Gasteiger partial charge in [0.05, 0.1) is 0 Å². The Morgan fingerprint density at radius 2 is 2.30 bits per heavy atom. The van der Waals surface area contributed by atoms with E-state index in [1.165, 1.54) is 29.4 Å². The van der Waals surface area contributed by atoms with Gasteiger partial charge in [-0.1, -0.05) is 36.6 Å². The van der Waals surface area contributed by atoms with E-state index >= 15 is 0 Å². The Labute approximate surface area is 125 Å². The van der Waals surface area contributed by atoms with Crippen molar-refractivity contribution in [2.45, 2.75) is 23.4 Å². The van der Waals surface area contributed by atoms with Crippen molar-refractivity contribution >= 4 is 23.3 Å². The first kappa shape index (κ1) is 15.0. The topological polar surface area (TPSA) is 46.0 Å². The predicted octanol–water partition coefficient (Wildman–Crippen LogP) is 2.88. The lowest BCUT2D eigenvalue weighted by molar-refractivity contribution is 0.350. The van der Waals surface area contributed by atoms with E-state index in [1.54, 1.807) is 12.1 Å².